The normalized spacial score (nSPS) is 15.1. The molecule has 2 heteroatoms. The number of aliphatic hydroxyl groups is 1. The van der Waals surface area contributed by atoms with E-state index in [1.165, 1.54) is 11.1 Å². The molecule has 90 valence electrons. The summed E-state index contributed by atoms with van der Waals surface area (Å²) in [6, 6.07) is 8.15. The highest BCUT2D eigenvalue weighted by Crippen LogP contribution is 2.16. The summed E-state index contributed by atoms with van der Waals surface area (Å²) < 4.78 is 5.34. The minimum atomic E-state index is -0.439. The first-order valence-electron chi connectivity index (χ1n) is 5.81. The number of rotatable bonds is 5. The summed E-state index contributed by atoms with van der Waals surface area (Å²) in [4.78, 5) is 0. The van der Waals surface area contributed by atoms with Gasteiger partial charge in [-0.15, -0.1) is 0 Å². The molecule has 0 fully saturated rings. The number of methoxy groups -OCH3 is 1. The van der Waals surface area contributed by atoms with Crippen molar-refractivity contribution in [2.24, 2.45) is 5.92 Å². The maximum absolute atomic E-state index is 10.1. The third-order valence-electron chi connectivity index (χ3n) is 3.00. The highest BCUT2D eigenvalue weighted by molar-refractivity contribution is 5.26. The van der Waals surface area contributed by atoms with Crippen molar-refractivity contribution in [3.8, 4) is 0 Å². The molecule has 2 unspecified atom stereocenters. The maximum atomic E-state index is 10.1. The van der Waals surface area contributed by atoms with Gasteiger partial charge < -0.3 is 9.84 Å². The van der Waals surface area contributed by atoms with Crippen LogP contribution in [-0.2, 0) is 11.2 Å². The monoisotopic (exact) mass is 222 g/mol. The van der Waals surface area contributed by atoms with Crippen LogP contribution >= 0.6 is 0 Å². The summed E-state index contributed by atoms with van der Waals surface area (Å²) in [7, 11) is 1.66. The van der Waals surface area contributed by atoms with E-state index in [1.807, 2.05) is 12.1 Å². The number of aliphatic hydroxyl groups excluding tert-OH is 1. The fourth-order valence-corrected chi connectivity index (χ4v) is 2.05. The largest absolute Gasteiger partial charge is 0.390 e. The molecule has 1 N–H and O–H groups in total. The molecule has 2 atom stereocenters. The molecule has 0 saturated carbocycles. The second-order valence-electron chi connectivity index (χ2n) is 4.64. The van der Waals surface area contributed by atoms with Gasteiger partial charge in [-0.3, -0.25) is 0 Å². The van der Waals surface area contributed by atoms with E-state index in [0.29, 0.717) is 12.3 Å². The Morgan fingerprint density at radius 1 is 1.25 bits per heavy atom. The Labute approximate surface area is 98.3 Å². The van der Waals surface area contributed by atoms with Crippen molar-refractivity contribution >= 4 is 0 Å². The third-order valence-corrected chi connectivity index (χ3v) is 3.00. The third kappa shape index (κ3) is 3.32. The van der Waals surface area contributed by atoms with Crippen LogP contribution in [-0.4, -0.2) is 24.4 Å². The lowest BCUT2D eigenvalue weighted by Gasteiger charge is -2.25. The topological polar surface area (TPSA) is 29.5 Å². The summed E-state index contributed by atoms with van der Waals surface area (Å²) in [5.74, 6) is 0.323. The summed E-state index contributed by atoms with van der Waals surface area (Å²) in [6.45, 7) is 6.20. The quantitative estimate of drug-likeness (QED) is 0.829. The van der Waals surface area contributed by atoms with Crippen LogP contribution in [0.4, 0.5) is 0 Å². The van der Waals surface area contributed by atoms with Crippen molar-refractivity contribution in [3.63, 3.8) is 0 Å². The van der Waals surface area contributed by atoms with Gasteiger partial charge in [-0.25, -0.2) is 0 Å². The van der Waals surface area contributed by atoms with Gasteiger partial charge in [0.2, 0.25) is 0 Å². The highest BCUT2D eigenvalue weighted by Gasteiger charge is 2.22. The van der Waals surface area contributed by atoms with Gasteiger partial charge in [0.25, 0.3) is 0 Å². The van der Waals surface area contributed by atoms with E-state index in [0.717, 1.165) is 0 Å². The minimum absolute atomic E-state index is 0.0976. The van der Waals surface area contributed by atoms with Crippen LogP contribution in [0.1, 0.15) is 25.0 Å². The van der Waals surface area contributed by atoms with Gasteiger partial charge in [0, 0.05) is 13.5 Å². The zero-order valence-electron chi connectivity index (χ0n) is 10.6. The number of aryl methyl sites for hydroxylation is 1. The van der Waals surface area contributed by atoms with E-state index in [-0.39, 0.29) is 6.10 Å². The van der Waals surface area contributed by atoms with Gasteiger partial charge in [0.05, 0.1) is 12.2 Å². The fraction of sp³-hybridized carbons (Fsp3) is 0.571. The van der Waals surface area contributed by atoms with E-state index in [2.05, 4.69) is 32.9 Å². The van der Waals surface area contributed by atoms with Crippen LogP contribution < -0.4 is 0 Å². The van der Waals surface area contributed by atoms with Crippen molar-refractivity contribution in [3.05, 3.63) is 35.4 Å². The molecule has 0 spiro atoms. The fourth-order valence-electron chi connectivity index (χ4n) is 2.05. The summed E-state index contributed by atoms with van der Waals surface area (Å²) in [5, 5.41) is 10.1. The van der Waals surface area contributed by atoms with Crippen molar-refractivity contribution in [1.82, 2.24) is 0 Å². The summed E-state index contributed by atoms with van der Waals surface area (Å²) in [6.07, 6.45) is 0.120. The molecular formula is C14H22O2. The molecule has 0 aliphatic heterocycles. The number of hydrogen-bond donors (Lipinski definition) is 1. The molecular weight excluding hydrogens is 200 g/mol. The Morgan fingerprint density at radius 2 is 1.88 bits per heavy atom. The predicted molar refractivity (Wildman–Crippen MR) is 66.5 cm³/mol. The Kier molecular flexibility index (Phi) is 4.97. The molecule has 0 heterocycles. The lowest BCUT2D eigenvalue weighted by atomic mass is 9.94. The van der Waals surface area contributed by atoms with Crippen LogP contribution in [0.25, 0.3) is 0 Å². The standard InChI is InChI=1S/C14H22O2/c1-10(2)14(16-4)13(15)9-12-8-6-5-7-11(12)3/h5-8,10,13-15H,9H2,1-4H3. The number of ether oxygens (including phenoxy) is 1. The Hall–Kier alpha value is -0.860. The first kappa shape index (κ1) is 13.2. The lowest BCUT2D eigenvalue weighted by Crippen LogP contribution is -2.34. The predicted octanol–water partition coefficient (Wildman–Crippen LogP) is 2.57. The van der Waals surface area contributed by atoms with Crippen LogP contribution in [0.15, 0.2) is 24.3 Å². The zero-order chi connectivity index (χ0) is 12.1. The Morgan fingerprint density at radius 3 is 2.38 bits per heavy atom. The van der Waals surface area contributed by atoms with Crippen molar-refractivity contribution < 1.29 is 9.84 Å². The Bertz CT molecular complexity index is 320. The zero-order valence-corrected chi connectivity index (χ0v) is 10.6. The van der Waals surface area contributed by atoms with Crippen molar-refractivity contribution in [1.29, 1.82) is 0 Å². The van der Waals surface area contributed by atoms with Gasteiger partial charge in [-0.2, -0.15) is 0 Å². The maximum Gasteiger partial charge on any atom is 0.0856 e. The van der Waals surface area contributed by atoms with E-state index in [4.69, 9.17) is 4.74 Å². The lowest BCUT2D eigenvalue weighted by molar-refractivity contribution is -0.0368. The van der Waals surface area contributed by atoms with Gasteiger partial charge in [-0.05, 0) is 24.0 Å². The molecule has 0 aliphatic carbocycles. The molecule has 1 aromatic rings. The van der Waals surface area contributed by atoms with Gasteiger partial charge in [-0.1, -0.05) is 38.1 Å². The number of hydrogen-bond acceptors (Lipinski definition) is 2. The first-order chi connectivity index (χ1) is 7.56. The summed E-state index contributed by atoms with van der Waals surface area (Å²) in [5.41, 5.74) is 2.41. The molecule has 0 saturated heterocycles. The molecule has 0 aromatic heterocycles. The van der Waals surface area contributed by atoms with Gasteiger partial charge >= 0.3 is 0 Å². The second-order valence-corrected chi connectivity index (χ2v) is 4.64. The van der Waals surface area contributed by atoms with Crippen molar-refractivity contribution in [2.75, 3.05) is 7.11 Å². The molecule has 1 aromatic carbocycles. The Balaban J connectivity index is 2.70. The highest BCUT2D eigenvalue weighted by atomic mass is 16.5. The van der Waals surface area contributed by atoms with E-state index in [9.17, 15) is 5.11 Å². The van der Waals surface area contributed by atoms with Gasteiger partial charge in [0.15, 0.2) is 0 Å². The second kappa shape index (κ2) is 6.02. The average Bonchev–Trinajstić information content (AvgIpc) is 2.22. The summed E-state index contributed by atoms with van der Waals surface area (Å²) >= 11 is 0. The minimum Gasteiger partial charge on any atom is -0.390 e. The molecule has 2 nitrogen and oxygen atoms in total. The number of benzene rings is 1. The van der Waals surface area contributed by atoms with E-state index in [1.54, 1.807) is 7.11 Å². The van der Waals surface area contributed by atoms with Crippen LogP contribution in [0.2, 0.25) is 0 Å². The van der Waals surface area contributed by atoms with E-state index < -0.39 is 6.10 Å². The SMILES string of the molecule is COC(C(C)C)C(O)Cc1ccccc1C. The van der Waals surface area contributed by atoms with Crippen LogP contribution in [0.3, 0.4) is 0 Å². The van der Waals surface area contributed by atoms with Crippen molar-refractivity contribution in [2.45, 2.75) is 39.4 Å². The molecule has 0 bridgehead atoms. The van der Waals surface area contributed by atoms with Crippen LogP contribution in [0.5, 0.6) is 0 Å². The first-order valence-corrected chi connectivity index (χ1v) is 5.81. The molecule has 0 aliphatic rings. The molecule has 0 amide bonds. The average molecular weight is 222 g/mol. The van der Waals surface area contributed by atoms with E-state index >= 15 is 0 Å². The smallest absolute Gasteiger partial charge is 0.0856 e. The molecule has 16 heavy (non-hydrogen) atoms. The van der Waals surface area contributed by atoms with Gasteiger partial charge in [0.1, 0.15) is 0 Å². The molecule has 0 radical (unpaired) electrons. The molecule has 1 rings (SSSR count). The van der Waals surface area contributed by atoms with Crippen LogP contribution in [0, 0.1) is 12.8 Å².